The number of anilines is 1. The number of fused-ring (bicyclic) bond motifs is 1. The van der Waals surface area contributed by atoms with E-state index >= 15 is 0 Å². The Bertz CT molecular complexity index is 1020. The van der Waals surface area contributed by atoms with Gasteiger partial charge in [0.15, 0.2) is 5.75 Å². The van der Waals surface area contributed by atoms with Gasteiger partial charge in [0.05, 0.1) is 17.8 Å². The molecule has 0 aliphatic heterocycles. The Labute approximate surface area is 160 Å². The van der Waals surface area contributed by atoms with E-state index in [4.69, 9.17) is 4.74 Å². The van der Waals surface area contributed by atoms with Crippen molar-refractivity contribution in [2.24, 2.45) is 0 Å². The second-order valence-corrected chi connectivity index (χ2v) is 6.99. The molecule has 0 aliphatic carbocycles. The number of nitro groups is 1. The van der Waals surface area contributed by atoms with Crippen LogP contribution in [0.15, 0.2) is 59.5 Å². The van der Waals surface area contributed by atoms with Gasteiger partial charge in [0.25, 0.3) is 0 Å². The van der Waals surface area contributed by atoms with Crippen molar-refractivity contribution in [3.63, 3.8) is 0 Å². The number of hydrogen-bond donors (Lipinski definition) is 1. The summed E-state index contributed by atoms with van der Waals surface area (Å²) in [5.41, 5.74) is 0.978. The van der Waals surface area contributed by atoms with E-state index in [2.05, 4.69) is 5.32 Å². The van der Waals surface area contributed by atoms with Crippen molar-refractivity contribution in [3.05, 3.63) is 70.3 Å². The molecule has 0 radical (unpaired) electrons. The summed E-state index contributed by atoms with van der Waals surface area (Å²) in [4.78, 5) is 23.9. The number of aryl methyl sites for hydroxylation is 1. The maximum atomic E-state index is 12.3. The molecule has 0 saturated carbocycles. The number of benzene rings is 3. The summed E-state index contributed by atoms with van der Waals surface area (Å²) in [6, 6.07) is 17.0. The number of nitrogens with one attached hydrogen (secondary N) is 1. The van der Waals surface area contributed by atoms with Crippen molar-refractivity contribution < 1.29 is 14.5 Å². The summed E-state index contributed by atoms with van der Waals surface area (Å²) < 4.78 is 5.06. The van der Waals surface area contributed by atoms with Crippen molar-refractivity contribution in [2.75, 3.05) is 18.2 Å². The van der Waals surface area contributed by atoms with Crippen molar-refractivity contribution in [1.29, 1.82) is 0 Å². The molecule has 0 saturated heterocycles. The average Bonchev–Trinajstić information content (AvgIpc) is 2.67. The normalized spacial score (nSPS) is 10.6. The van der Waals surface area contributed by atoms with Crippen LogP contribution in [0.2, 0.25) is 0 Å². The smallest absolute Gasteiger partial charge is 0.311 e. The minimum Gasteiger partial charge on any atom is -0.490 e. The lowest BCUT2D eigenvalue weighted by Gasteiger charge is -2.11. The summed E-state index contributed by atoms with van der Waals surface area (Å²) in [6.45, 7) is 1.71. The molecule has 1 amide bonds. The third kappa shape index (κ3) is 4.38. The van der Waals surface area contributed by atoms with Crippen LogP contribution in [-0.4, -0.2) is 23.7 Å². The van der Waals surface area contributed by atoms with E-state index in [1.54, 1.807) is 6.92 Å². The van der Waals surface area contributed by atoms with Crippen LogP contribution in [0.1, 0.15) is 5.56 Å². The lowest BCUT2D eigenvalue weighted by molar-refractivity contribution is -0.385. The van der Waals surface area contributed by atoms with Crippen LogP contribution in [0.5, 0.6) is 5.75 Å². The van der Waals surface area contributed by atoms with Crippen molar-refractivity contribution >= 4 is 39.8 Å². The first-order valence-electron chi connectivity index (χ1n) is 8.22. The van der Waals surface area contributed by atoms with Gasteiger partial charge in [-0.25, -0.2) is 0 Å². The van der Waals surface area contributed by atoms with Gasteiger partial charge in [-0.05, 0) is 35.4 Å². The predicted molar refractivity (Wildman–Crippen MR) is 108 cm³/mol. The fraction of sp³-hybridized carbons (Fsp3) is 0.150. The van der Waals surface area contributed by atoms with E-state index in [-0.39, 0.29) is 23.1 Å². The molecule has 0 unspecified atom stereocenters. The Hall–Kier alpha value is -3.06. The number of nitro benzene ring substituents is 1. The van der Waals surface area contributed by atoms with Crippen LogP contribution < -0.4 is 10.1 Å². The molecule has 0 atom stereocenters. The van der Waals surface area contributed by atoms with E-state index in [9.17, 15) is 14.9 Å². The number of carbonyl (C=O) groups is 1. The summed E-state index contributed by atoms with van der Waals surface area (Å²) in [5.74, 6) is 0.159. The van der Waals surface area contributed by atoms with Gasteiger partial charge in [0, 0.05) is 22.7 Å². The Balaban J connectivity index is 1.69. The van der Waals surface area contributed by atoms with Crippen molar-refractivity contribution in [1.82, 2.24) is 0 Å². The number of methoxy groups -OCH3 is 1. The molecule has 0 aromatic heterocycles. The molecule has 0 aliphatic rings. The second-order valence-electron chi connectivity index (χ2n) is 5.94. The Kier molecular flexibility index (Phi) is 5.61. The topological polar surface area (TPSA) is 81.5 Å². The number of thioether (sulfide) groups is 1. The van der Waals surface area contributed by atoms with E-state index < -0.39 is 4.92 Å². The molecule has 0 bridgehead atoms. The van der Waals surface area contributed by atoms with Crippen LogP contribution in [0, 0.1) is 17.0 Å². The van der Waals surface area contributed by atoms with Crippen LogP contribution >= 0.6 is 11.8 Å². The molecule has 0 fully saturated rings. The van der Waals surface area contributed by atoms with Crippen LogP contribution in [0.3, 0.4) is 0 Å². The van der Waals surface area contributed by atoms with Gasteiger partial charge in [-0.3, -0.25) is 14.9 Å². The highest BCUT2D eigenvalue weighted by Crippen LogP contribution is 2.33. The van der Waals surface area contributed by atoms with Crippen molar-refractivity contribution in [3.8, 4) is 5.75 Å². The Morgan fingerprint density at radius 3 is 2.59 bits per heavy atom. The monoisotopic (exact) mass is 382 g/mol. The molecule has 0 heterocycles. The number of amides is 1. The fourth-order valence-corrected chi connectivity index (χ4v) is 3.45. The number of hydrogen-bond acceptors (Lipinski definition) is 5. The highest BCUT2D eigenvalue weighted by atomic mass is 32.2. The molecule has 3 aromatic carbocycles. The Morgan fingerprint density at radius 2 is 1.89 bits per heavy atom. The quantitative estimate of drug-likeness (QED) is 0.376. The van der Waals surface area contributed by atoms with Gasteiger partial charge in [-0.2, -0.15) is 0 Å². The second kappa shape index (κ2) is 8.09. The maximum absolute atomic E-state index is 12.3. The molecule has 3 aromatic rings. The Morgan fingerprint density at radius 1 is 1.15 bits per heavy atom. The van der Waals surface area contributed by atoms with Crippen molar-refractivity contribution in [2.45, 2.75) is 11.8 Å². The highest BCUT2D eigenvalue weighted by Gasteiger charge is 2.18. The highest BCUT2D eigenvalue weighted by molar-refractivity contribution is 8.00. The number of nitrogens with zero attached hydrogens (tertiary/aromatic N) is 1. The summed E-state index contributed by atoms with van der Waals surface area (Å²) in [6.07, 6.45) is 0. The molecule has 3 rings (SSSR count). The van der Waals surface area contributed by atoms with Crippen LogP contribution in [-0.2, 0) is 4.79 Å². The molecule has 1 N–H and O–H groups in total. The summed E-state index contributed by atoms with van der Waals surface area (Å²) in [5, 5.41) is 16.1. The third-order valence-electron chi connectivity index (χ3n) is 4.09. The van der Waals surface area contributed by atoms with Crippen LogP contribution in [0.4, 0.5) is 11.4 Å². The van der Waals surface area contributed by atoms with E-state index in [0.29, 0.717) is 11.3 Å². The molecule has 138 valence electrons. The number of ether oxygens (including phenoxy) is 1. The maximum Gasteiger partial charge on any atom is 0.311 e. The molecular formula is C20H18N2O4S. The lowest BCUT2D eigenvalue weighted by Crippen LogP contribution is -2.15. The average molecular weight is 382 g/mol. The van der Waals surface area contributed by atoms with E-state index in [1.165, 1.54) is 31.0 Å². The largest absolute Gasteiger partial charge is 0.490 e. The molecule has 0 spiro atoms. The summed E-state index contributed by atoms with van der Waals surface area (Å²) in [7, 11) is 1.36. The van der Waals surface area contributed by atoms with Gasteiger partial charge >= 0.3 is 5.69 Å². The van der Waals surface area contributed by atoms with Crippen LogP contribution in [0.25, 0.3) is 10.8 Å². The minimum absolute atomic E-state index is 0.114. The van der Waals surface area contributed by atoms with Gasteiger partial charge in [-0.15, -0.1) is 11.8 Å². The van der Waals surface area contributed by atoms with Gasteiger partial charge < -0.3 is 10.1 Å². The minimum atomic E-state index is -0.507. The van der Waals surface area contributed by atoms with E-state index in [1.807, 2.05) is 42.5 Å². The third-order valence-corrected chi connectivity index (χ3v) is 5.08. The summed E-state index contributed by atoms with van der Waals surface area (Å²) >= 11 is 1.43. The van der Waals surface area contributed by atoms with E-state index in [0.717, 1.165) is 15.7 Å². The zero-order chi connectivity index (χ0) is 19.4. The number of carbonyl (C=O) groups excluding carboxylic acids is 1. The SMILES string of the molecule is COc1cc(NC(=O)CSc2ccc3ccccc3c2)c(C)cc1[N+](=O)[O-]. The number of rotatable bonds is 6. The molecule has 27 heavy (non-hydrogen) atoms. The first-order valence-corrected chi connectivity index (χ1v) is 9.21. The zero-order valence-electron chi connectivity index (χ0n) is 14.9. The molecular weight excluding hydrogens is 364 g/mol. The predicted octanol–water partition coefficient (Wildman–Crippen LogP) is 4.80. The first-order chi connectivity index (χ1) is 13.0. The zero-order valence-corrected chi connectivity index (χ0v) is 15.7. The molecule has 7 heteroatoms. The van der Waals surface area contributed by atoms with Gasteiger partial charge in [0.2, 0.25) is 5.91 Å². The fourth-order valence-electron chi connectivity index (χ4n) is 2.71. The lowest BCUT2D eigenvalue weighted by atomic mass is 10.1. The molecule has 6 nitrogen and oxygen atoms in total. The van der Waals surface area contributed by atoms with Gasteiger partial charge in [0.1, 0.15) is 0 Å². The first kappa shape index (κ1) is 18.7. The standard InChI is InChI=1S/C20H18N2O4S/c1-13-9-18(22(24)25)19(26-2)11-17(13)21-20(23)12-27-16-8-7-14-5-3-4-6-15(14)10-16/h3-11H,12H2,1-2H3,(H,21,23). The van der Waals surface area contributed by atoms with Gasteiger partial charge in [-0.1, -0.05) is 30.3 Å².